The Morgan fingerprint density at radius 3 is 2.62 bits per heavy atom. The molecule has 0 unspecified atom stereocenters. The Labute approximate surface area is 277 Å². The molecule has 2 aromatic carbocycles. The van der Waals surface area contributed by atoms with E-state index in [9.17, 15) is 23.2 Å². The predicted octanol–water partition coefficient (Wildman–Crippen LogP) is 5.82. The van der Waals surface area contributed by atoms with E-state index >= 15 is 0 Å². The summed E-state index contributed by atoms with van der Waals surface area (Å²) in [4.78, 5) is 45.4. The van der Waals surface area contributed by atoms with Crippen molar-refractivity contribution in [3.63, 3.8) is 0 Å². The number of benzene rings is 2. The van der Waals surface area contributed by atoms with E-state index in [-0.39, 0.29) is 18.2 Å². The van der Waals surface area contributed by atoms with Gasteiger partial charge in [-0.3, -0.25) is 14.4 Å². The smallest absolute Gasteiger partial charge is 0.255 e. The summed E-state index contributed by atoms with van der Waals surface area (Å²) in [5.74, 6) is -1.84. The van der Waals surface area contributed by atoms with Gasteiger partial charge in [-0.05, 0) is 84.0 Å². The molecule has 1 aliphatic heterocycles. The Hall–Kier alpha value is -5.22. The average Bonchev–Trinajstić information content (AvgIpc) is 3.56. The van der Waals surface area contributed by atoms with Crippen LogP contribution in [0.25, 0.3) is 11.6 Å². The molecule has 2 N–H and O–H groups in total. The third-order valence-electron chi connectivity index (χ3n) is 8.83. The summed E-state index contributed by atoms with van der Waals surface area (Å²) < 4.78 is 32.1. The van der Waals surface area contributed by atoms with E-state index in [1.54, 1.807) is 18.3 Å². The number of carbonyl (C=O) groups excluding carboxylic acids is 3. The highest BCUT2D eigenvalue weighted by Crippen LogP contribution is 2.38. The zero-order valence-electron chi connectivity index (χ0n) is 26.9. The van der Waals surface area contributed by atoms with Crippen LogP contribution in [0, 0.1) is 11.6 Å². The minimum atomic E-state index is -0.971. The molecule has 0 radical (unpaired) electrons. The van der Waals surface area contributed by atoms with Gasteiger partial charge in [-0.2, -0.15) is 0 Å². The van der Waals surface area contributed by atoms with E-state index in [0.717, 1.165) is 51.1 Å². The molecule has 8 nitrogen and oxygen atoms in total. The fraction of sp³-hybridized carbons (Fsp3) is 0.263. The normalized spacial score (nSPS) is 17.1. The summed E-state index contributed by atoms with van der Waals surface area (Å²) in [7, 11) is 0. The fourth-order valence-corrected chi connectivity index (χ4v) is 6.30. The first-order valence-electron chi connectivity index (χ1n) is 15.9. The van der Waals surface area contributed by atoms with E-state index in [2.05, 4.69) is 15.6 Å². The number of allylic oxidation sites excluding steroid dienone is 4. The first-order valence-corrected chi connectivity index (χ1v) is 15.9. The van der Waals surface area contributed by atoms with E-state index in [0.29, 0.717) is 68.2 Å². The van der Waals surface area contributed by atoms with Crippen LogP contribution >= 0.6 is 0 Å². The molecule has 3 aliphatic rings. The van der Waals surface area contributed by atoms with E-state index in [4.69, 9.17) is 4.74 Å². The number of ketones is 1. The standard InChI is InChI=1S/C38H36F2N4O4/c1-23-17-27(24(2)35(23)38(47)44-13-15-48-16-14-44)20-31-29-9-7-25(18-28(29)21-34(31)45)5-3-11-41-36-30(6-4-12-42-36)37(46)43-22-26-8-10-32(39)33(40)19-26/h3-10,12,18-20H,11,13-17,21-22H2,1-2H3,(H,41,42)(H,43,46)/b5-3+,31-20-. The van der Waals surface area contributed by atoms with Gasteiger partial charge in [0.2, 0.25) is 0 Å². The minimum Gasteiger partial charge on any atom is -0.378 e. The van der Waals surface area contributed by atoms with Crippen LogP contribution in [0.15, 0.2) is 89.2 Å². The largest absolute Gasteiger partial charge is 0.378 e. The average molecular weight is 651 g/mol. The van der Waals surface area contributed by atoms with Gasteiger partial charge in [-0.15, -0.1) is 0 Å². The van der Waals surface area contributed by atoms with Crippen molar-refractivity contribution in [1.29, 1.82) is 0 Å². The Kier molecular flexibility index (Phi) is 9.72. The number of fused-ring (bicyclic) bond motifs is 1. The second kappa shape index (κ2) is 14.3. The Balaban J connectivity index is 1.09. The number of Topliss-reactive ketones (excluding diaryl/α,β-unsaturated/α-hetero) is 1. The minimum absolute atomic E-state index is 0.0331. The molecule has 246 valence electrons. The molecule has 0 atom stereocenters. The molecule has 1 saturated heterocycles. The van der Waals surface area contributed by atoms with Crippen molar-refractivity contribution in [1.82, 2.24) is 15.2 Å². The van der Waals surface area contributed by atoms with Crippen molar-refractivity contribution in [2.24, 2.45) is 0 Å². The van der Waals surface area contributed by atoms with Crippen LogP contribution in [-0.2, 0) is 27.3 Å². The van der Waals surface area contributed by atoms with Gasteiger partial charge in [-0.25, -0.2) is 13.8 Å². The molecule has 10 heteroatoms. The van der Waals surface area contributed by atoms with Gasteiger partial charge in [-0.1, -0.05) is 42.0 Å². The number of nitrogens with zero attached hydrogens (tertiary/aromatic N) is 2. The van der Waals surface area contributed by atoms with Gasteiger partial charge in [0.25, 0.3) is 11.8 Å². The molecular formula is C38H36F2N4O4. The Morgan fingerprint density at radius 1 is 1.02 bits per heavy atom. The quantitative estimate of drug-likeness (QED) is 0.283. The molecule has 2 amide bonds. The molecule has 48 heavy (non-hydrogen) atoms. The third kappa shape index (κ3) is 7.03. The van der Waals surface area contributed by atoms with Gasteiger partial charge in [0.05, 0.1) is 18.8 Å². The van der Waals surface area contributed by atoms with Crippen molar-refractivity contribution in [3.05, 3.63) is 129 Å². The monoisotopic (exact) mass is 650 g/mol. The molecule has 0 saturated carbocycles. The van der Waals surface area contributed by atoms with Gasteiger partial charge in [0, 0.05) is 49.9 Å². The highest BCUT2D eigenvalue weighted by Gasteiger charge is 2.30. The van der Waals surface area contributed by atoms with E-state index < -0.39 is 17.5 Å². The molecule has 3 aromatic rings. The first-order chi connectivity index (χ1) is 23.2. The van der Waals surface area contributed by atoms with Gasteiger partial charge < -0.3 is 20.3 Å². The second-order valence-electron chi connectivity index (χ2n) is 12.1. The first kappa shape index (κ1) is 32.7. The summed E-state index contributed by atoms with van der Waals surface area (Å²) in [5, 5.41) is 5.87. The summed E-state index contributed by atoms with van der Waals surface area (Å²) in [6, 6.07) is 12.7. The maximum Gasteiger partial charge on any atom is 0.255 e. The van der Waals surface area contributed by atoms with Crippen LogP contribution in [0.5, 0.6) is 0 Å². The number of halogens is 2. The molecule has 6 rings (SSSR count). The SMILES string of the molecule is CC1=C(C(=O)N2CCOCC2)C(C)=C(/C=C2\C(=O)Cc3cc(/C=C/CNc4ncccc4C(=O)NCc4ccc(F)c(F)c4)ccc32)C1. The van der Waals surface area contributed by atoms with Crippen molar-refractivity contribution in [2.45, 2.75) is 33.2 Å². The summed E-state index contributed by atoms with van der Waals surface area (Å²) >= 11 is 0. The van der Waals surface area contributed by atoms with Gasteiger partial charge in [0.15, 0.2) is 17.4 Å². The number of aromatic nitrogens is 1. The number of rotatable bonds is 9. The van der Waals surface area contributed by atoms with Gasteiger partial charge in [0.1, 0.15) is 5.82 Å². The van der Waals surface area contributed by atoms with Crippen LogP contribution in [-0.4, -0.2) is 60.3 Å². The number of anilines is 1. The van der Waals surface area contributed by atoms with Crippen LogP contribution in [0.2, 0.25) is 0 Å². The van der Waals surface area contributed by atoms with Gasteiger partial charge >= 0.3 is 0 Å². The van der Waals surface area contributed by atoms with Crippen LogP contribution < -0.4 is 10.6 Å². The molecule has 0 spiro atoms. The van der Waals surface area contributed by atoms with Crippen molar-refractivity contribution in [2.75, 3.05) is 38.2 Å². The predicted molar refractivity (Wildman–Crippen MR) is 180 cm³/mol. The number of hydrogen-bond donors (Lipinski definition) is 2. The molecule has 1 fully saturated rings. The molecule has 2 heterocycles. The Bertz CT molecular complexity index is 1920. The fourth-order valence-electron chi connectivity index (χ4n) is 6.30. The number of ether oxygens (including phenoxy) is 1. The van der Waals surface area contributed by atoms with E-state index in [1.807, 2.05) is 55.2 Å². The highest BCUT2D eigenvalue weighted by atomic mass is 19.2. The lowest BCUT2D eigenvalue weighted by Crippen LogP contribution is -2.41. The van der Waals surface area contributed by atoms with E-state index in [1.165, 1.54) is 6.07 Å². The maximum absolute atomic E-state index is 13.5. The zero-order chi connectivity index (χ0) is 33.8. The number of morpholine rings is 1. The summed E-state index contributed by atoms with van der Waals surface area (Å²) in [6.45, 7) is 6.64. The van der Waals surface area contributed by atoms with Crippen LogP contribution in [0.4, 0.5) is 14.6 Å². The lowest BCUT2D eigenvalue weighted by atomic mass is 9.99. The molecule has 0 bridgehead atoms. The number of amides is 2. The number of pyridine rings is 1. The lowest BCUT2D eigenvalue weighted by Gasteiger charge is -2.28. The van der Waals surface area contributed by atoms with Crippen molar-refractivity contribution in [3.8, 4) is 0 Å². The van der Waals surface area contributed by atoms with Crippen LogP contribution in [0.3, 0.4) is 0 Å². The second-order valence-corrected chi connectivity index (χ2v) is 12.1. The third-order valence-corrected chi connectivity index (χ3v) is 8.83. The van der Waals surface area contributed by atoms with Crippen molar-refractivity contribution < 1.29 is 27.9 Å². The van der Waals surface area contributed by atoms with Crippen molar-refractivity contribution >= 4 is 35.1 Å². The topological polar surface area (TPSA) is 101 Å². The highest BCUT2D eigenvalue weighted by molar-refractivity contribution is 6.26. The maximum atomic E-state index is 13.5. The summed E-state index contributed by atoms with van der Waals surface area (Å²) in [6.07, 6.45) is 8.34. The molecule has 1 aromatic heterocycles. The number of carbonyl (C=O) groups is 3. The number of nitrogens with one attached hydrogen (secondary N) is 2. The molecular weight excluding hydrogens is 614 g/mol. The Morgan fingerprint density at radius 2 is 1.83 bits per heavy atom. The zero-order valence-corrected chi connectivity index (χ0v) is 26.9. The summed E-state index contributed by atoms with van der Waals surface area (Å²) in [5.41, 5.74) is 7.94. The number of hydrogen-bond acceptors (Lipinski definition) is 6. The lowest BCUT2D eigenvalue weighted by molar-refractivity contribution is -0.130. The molecule has 2 aliphatic carbocycles. The van der Waals surface area contributed by atoms with Crippen LogP contribution in [0.1, 0.15) is 52.9 Å².